The monoisotopic (exact) mass is 338 g/mol. The van der Waals surface area contributed by atoms with E-state index < -0.39 is 5.54 Å². The summed E-state index contributed by atoms with van der Waals surface area (Å²) < 4.78 is 0.921. The van der Waals surface area contributed by atoms with Gasteiger partial charge >= 0.3 is 0 Å². The van der Waals surface area contributed by atoms with Gasteiger partial charge in [0.2, 0.25) is 5.91 Å². The molecule has 0 atom stereocenters. The van der Waals surface area contributed by atoms with Gasteiger partial charge in [-0.25, -0.2) is 0 Å². The van der Waals surface area contributed by atoms with Crippen molar-refractivity contribution in [3.05, 3.63) is 33.3 Å². The summed E-state index contributed by atoms with van der Waals surface area (Å²) in [5.74, 6) is -0.0912. The SMILES string of the molecule is Cl.NC1(C(=O)NCc2ccc(Br)cc2Cl)CC1. The number of nitrogens with one attached hydrogen (secondary N) is 1. The summed E-state index contributed by atoms with van der Waals surface area (Å²) in [4.78, 5) is 11.6. The van der Waals surface area contributed by atoms with E-state index in [1.807, 2.05) is 12.1 Å². The van der Waals surface area contributed by atoms with Crippen molar-refractivity contribution in [2.45, 2.75) is 24.9 Å². The maximum Gasteiger partial charge on any atom is 0.240 e. The normalized spacial score (nSPS) is 15.9. The minimum atomic E-state index is -0.623. The van der Waals surface area contributed by atoms with Crippen LogP contribution in [0, 0.1) is 0 Å². The smallest absolute Gasteiger partial charge is 0.240 e. The molecule has 1 aliphatic rings. The Kier molecular flexibility index (Phi) is 4.84. The maximum atomic E-state index is 11.6. The Morgan fingerprint density at radius 1 is 1.53 bits per heavy atom. The lowest BCUT2D eigenvalue weighted by Gasteiger charge is -2.11. The standard InChI is InChI=1S/C11H12BrClN2O.ClH/c12-8-2-1-7(9(13)5-8)6-15-10(16)11(14)3-4-11;/h1-2,5H,3-4,6,14H2,(H,15,16);1H. The fourth-order valence-electron chi connectivity index (χ4n) is 1.38. The van der Waals surface area contributed by atoms with Crippen LogP contribution in [0.15, 0.2) is 22.7 Å². The van der Waals surface area contributed by atoms with Gasteiger partial charge in [-0.1, -0.05) is 33.6 Å². The van der Waals surface area contributed by atoms with E-state index in [0.29, 0.717) is 11.6 Å². The van der Waals surface area contributed by atoms with Gasteiger partial charge in [0.25, 0.3) is 0 Å². The first kappa shape index (κ1) is 14.8. The Labute approximate surface area is 120 Å². The Morgan fingerprint density at radius 2 is 2.18 bits per heavy atom. The number of hydrogen-bond acceptors (Lipinski definition) is 2. The Hall–Kier alpha value is -0.290. The molecular weight excluding hydrogens is 327 g/mol. The second-order valence-electron chi connectivity index (χ2n) is 4.07. The fraction of sp³-hybridized carbons (Fsp3) is 0.364. The lowest BCUT2D eigenvalue weighted by molar-refractivity contribution is -0.123. The third kappa shape index (κ3) is 3.58. The zero-order valence-electron chi connectivity index (χ0n) is 9.00. The highest BCUT2D eigenvalue weighted by molar-refractivity contribution is 9.10. The Morgan fingerprint density at radius 3 is 2.71 bits per heavy atom. The predicted octanol–water partition coefficient (Wildman–Crippen LogP) is 2.63. The van der Waals surface area contributed by atoms with E-state index in [1.165, 1.54) is 0 Å². The van der Waals surface area contributed by atoms with Gasteiger partial charge in [-0.2, -0.15) is 0 Å². The molecule has 0 bridgehead atoms. The van der Waals surface area contributed by atoms with Crippen LogP contribution in [0.25, 0.3) is 0 Å². The minimum Gasteiger partial charge on any atom is -0.350 e. The van der Waals surface area contributed by atoms with Crippen molar-refractivity contribution in [3.63, 3.8) is 0 Å². The van der Waals surface area contributed by atoms with Gasteiger partial charge in [-0.15, -0.1) is 12.4 Å². The van der Waals surface area contributed by atoms with Crippen molar-refractivity contribution in [1.82, 2.24) is 5.32 Å². The molecule has 1 aromatic rings. The first-order valence-electron chi connectivity index (χ1n) is 5.02. The molecule has 0 unspecified atom stereocenters. The van der Waals surface area contributed by atoms with Gasteiger partial charge in [0.15, 0.2) is 0 Å². The topological polar surface area (TPSA) is 55.1 Å². The van der Waals surface area contributed by atoms with Crippen LogP contribution in [-0.4, -0.2) is 11.4 Å². The Bertz CT molecular complexity index is 435. The van der Waals surface area contributed by atoms with Crippen LogP contribution >= 0.6 is 39.9 Å². The van der Waals surface area contributed by atoms with E-state index in [9.17, 15) is 4.79 Å². The number of rotatable bonds is 3. The van der Waals surface area contributed by atoms with Gasteiger partial charge in [-0.05, 0) is 30.5 Å². The molecule has 0 aliphatic heterocycles. The second-order valence-corrected chi connectivity index (χ2v) is 5.40. The molecule has 0 heterocycles. The molecule has 3 N–H and O–H groups in total. The van der Waals surface area contributed by atoms with E-state index in [-0.39, 0.29) is 18.3 Å². The summed E-state index contributed by atoms with van der Waals surface area (Å²) in [5.41, 5.74) is 6.03. The van der Waals surface area contributed by atoms with E-state index >= 15 is 0 Å². The van der Waals surface area contributed by atoms with E-state index in [1.54, 1.807) is 6.07 Å². The van der Waals surface area contributed by atoms with Crippen molar-refractivity contribution in [1.29, 1.82) is 0 Å². The predicted molar refractivity (Wildman–Crippen MR) is 74.4 cm³/mol. The van der Waals surface area contributed by atoms with Crippen LogP contribution in [-0.2, 0) is 11.3 Å². The largest absolute Gasteiger partial charge is 0.350 e. The number of benzene rings is 1. The average Bonchev–Trinajstić information content (AvgIpc) is 2.96. The summed E-state index contributed by atoms with van der Waals surface area (Å²) in [6.07, 6.45) is 1.54. The van der Waals surface area contributed by atoms with E-state index in [0.717, 1.165) is 22.9 Å². The first-order chi connectivity index (χ1) is 7.51. The van der Waals surface area contributed by atoms with Crippen molar-refractivity contribution >= 4 is 45.8 Å². The van der Waals surface area contributed by atoms with Crippen molar-refractivity contribution < 1.29 is 4.79 Å². The summed E-state index contributed by atoms with van der Waals surface area (Å²) in [6.45, 7) is 0.421. The van der Waals surface area contributed by atoms with Crippen LogP contribution in [0.4, 0.5) is 0 Å². The van der Waals surface area contributed by atoms with Gasteiger partial charge < -0.3 is 11.1 Å². The molecule has 1 aromatic carbocycles. The summed E-state index contributed by atoms with van der Waals surface area (Å²) >= 11 is 9.36. The average molecular weight is 340 g/mol. The number of carbonyl (C=O) groups excluding carboxylic acids is 1. The summed E-state index contributed by atoms with van der Waals surface area (Å²) in [5, 5.41) is 3.43. The summed E-state index contributed by atoms with van der Waals surface area (Å²) in [7, 11) is 0. The maximum absolute atomic E-state index is 11.6. The molecule has 6 heteroatoms. The van der Waals surface area contributed by atoms with Crippen LogP contribution in [0.3, 0.4) is 0 Å². The lowest BCUT2D eigenvalue weighted by atomic mass is 10.2. The zero-order chi connectivity index (χ0) is 11.8. The van der Waals surface area contributed by atoms with Crippen molar-refractivity contribution in [2.75, 3.05) is 0 Å². The van der Waals surface area contributed by atoms with E-state index in [2.05, 4.69) is 21.2 Å². The van der Waals surface area contributed by atoms with Crippen LogP contribution in [0.2, 0.25) is 5.02 Å². The molecule has 2 rings (SSSR count). The van der Waals surface area contributed by atoms with Gasteiger partial charge in [0.05, 0.1) is 5.54 Å². The number of hydrogen-bond donors (Lipinski definition) is 2. The lowest BCUT2D eigenvalue weighted by Crippen LogP contribution is -2.42. The Balaban J connectivity index is 0.00000144. The van der Waals surface area contributed by atoms with Crippen LogP contribution < -0.4 is 11.1 Å². The second kappa shape index (κ2) is 5.57. The molecule has 3 nitrogen and oxygen atoms in total. The molecular formula is C11H13BrCl2N2O. The number of nitrogens with two attached hydrogens (primary N) is 1. The highest BCUT2D eigenvalue weighted by Crippen LogP contribution is 2.32. The molecule has 1 fully saturated rings. The van der Waals surface area contributed by atoms with Gasteiger partial charge in [0.1, 0.15) is 0 Å². The first-order valence-corrected chi connectivity index (χ1v) is 6.19. The van der Waals surface area contributed by atoms with Gasteiger partial charge in [0, 0.05) is 16.0 Å². The third-order valence-electron chi connectivity index (χ3n) is 2.70. The minimum absolute atomic E-state index is 0. The molecule has 1 saturated carbocycles. The van der Waals surface area contributed by atoms with Crippen LogP contribution in [0.5, 0.6) is 0 Å². The van der Waals surface area contributed by atoms with Gasteiger partial charge in [-0.3, -0.25) is 4.79 Å². The highest BCUT2D eigenvalue weighted by Gasteiger charge is 2.45. The molecule has 0 radical (unpaired) electrons. The quantitative estimate of drug-likeness (QED) is 0.889. The molecule has 0 aromatic heterocycles. The van der Waals surface area contributed by atoms with E-state index in [4.69, 9.17) is 17.3 Å². The van der Waals surface area contributed by atoms with Crippen molar-refractivity contribution in [2.24, 2.45) is 5.73 Å². The third-order valence-corrected chi connectivity index (χ3v) is 3.54. The molecule has 1 aliphatic carbocycles. The zero-order valence-corrected chi connectivity index (χ0v) is 12.2. The molecule has 0 spiro atoms. The molecule has 94 valence electrons. The van der Waals surface area contributed by atoms with Crippen molar-refractivity contribution in [3.8, 4) is 0 Å². The fourth-order valence-corrected chi connectivity index (χ4v) is 2.12. The highest BCUT2D eigenvalue weighted by atomic mass is 79.9. The number of carbonyl (C=O) groups is 1. The number of amides is 1. The molecule has 17 heavy (non-hydrogen) atoms. The number of halogens is 3. The summed E-state index contributed by atoms with van der Waals surface area (Å²) in [6, 6.07) is 5.57. The molecule has 1 amide bonds. The van der Waals surface area contributed by atoms with Crippen LogP contribution in [0.1, 0.15) is 18.4 Å². The molecule has 0 saturated heterocycles.